The number of amidine groups is 1. The molecule has 1 aliphatic heterocycles. The van der Waals surface area contributed by atoms with Gasteiger partial charge in [-0.2, -0.15) is 0 Å². The van der Waals surface area contributed by atoms with Crippen LogP contribution in [0.1, 0.15) is 16.7 Å². The predicted octanol–water partition coefficient (Wildman–Crippen LogP) is 5.50. The van der Waals surface area contributed by atoms with Crippen LogP contribution in [-0.2, 0) is 4.79 Å². The first kappa shape index (κ1) is 17.1. The number of carbonyl (C=O) groups excluding carboxylic acids is 1. The molecule has 1 fully saturated rings. The van der Waals surface area contributed by atoms with E-state index in [1.807, 2.05) is 26.0 Å². The minimum atomic E-state index is -0.186. The van der Waals surface area contributed by atoms with Gasteiger partial charge >= 0.3 is 0 Å². The average Bonchev–Trinajstić information content (AvgIpc) is 2.80. The minimum Gasteiger partial charge on any atom is -0.300 e. The average molecular weight is 377 g/mol. The highest BCUT2D eigenvalue weighted by Crippen LogP contribution is 2.31. The summed E-state index contributed by atoms with van der Waals surface area (Å²) in [6, 6.07) is 11.2. The summed E-state index contributed by atoms with van der Waals surface area (Å²) in [6.45, 7) is 4.04. The highest BCUT2D eigenvalue weighted by Gasteiger charge is 2.24. The summed E-state index contributed by atoms with van der Waals surface area (Å²) in [5.41, 5.74) is 3.83. The number of thioether (sulfide) groups is 1. The molecule has 24 heavy (non-hydrogen) atoms. The SMILES string of the molecule is Cc1cc(C)cc(N=C2NC(=O)/C(=C/c3ccc(Cl)cc3Cl)S2)c1. The van der Waals surface area contributed by atoms with Gasteiger partial charge in [0.2, 0.25) is 0 Å². The summed E-state index contributed by atoms with van der Waals surface area (Å²) < 4.78 is 0. The number of nitrogens with one attached hydrogen (secondary N) is 1. The van der Waals surface area contributed by atoms with Gasteiger partial charge in [0.1, 0.15) is 0 Å². The smallest absolute Gasteiger partial charge is 0.264 e. The third kappa shape index (κ3) is 4.01. The molecule has 0 radical (unpaired) electrons. The molecule has 1 aliphatic rings. The van der Waals surface area contributed by atoms with Crippen LogP contribution >= 0.6 is 35.0 Å². The second kappa shape index (κ2) is 7.01. The molecule has 0 aliphatic carbocycles. The number of hydrogen-bond acceptors (Lipinski definition) is 3. The Morgan fingerprint density at radius 2 is 1.79 bits per heavy atom. The van der Waals surface area contributed by atoms with Gasteiger partial charge in [0.15, 0.2) is 5.17 Å². The van der Waals surface area contributed by atoms with Gasteiger partial charge in [0.25, 0.3) is 5.91 Å². The lowest BCUT2D eigenvalue weighted by Crippen LogP contribution is -2.19. The molecular weight excluding hydrogens is 363 g/mol. The van der Waals surface area contributed by atoms with Crippen molar-refractivity contribution in [2.24, 2.45) is 4.99 Å². The maximum absolute atomic E-state index is 12.1. The molecule has 1 amide bonds. The molecule has 122 valence electrons. The Morgan fingerprint density at radius 1 is 1.08 bits per heavy atom. The molecule has 3 nitrogen and oxygen atoms in total. The molecule has 3 rings (SSSR count). The Morgan fingerprint density at radius 3 is 2.46 bits per heavy atom. The molecule has 6 heteroatoms. The maximum Gasteiger partial charge on any atom is 0.264 e. The van der Waals surface area contributed by atoms with Crippen LogP contribution in [0.2, 0.25) is 10.0 Å². The third-order valence-corrected chi connectivity index (χ3v) is 4.81. The summed E-state index contributed by atoms with van der Waals surface area (Å²) in [4.78, 5) is 17.2. The van der Waals surface area contributed by atoms with Crippen LogP contribution in [0.3, 0.4) is 0 Å². The van der Waals surface area contributed by atoms with Crippen molar-refractivity contribution in [3.05, 3.63) is 68.0 Å². The van der Waals surface area contributed by atoms with Gasteiger partial charge in [-0.1, -0.05) is 35.3 Å². The van der Waals surface area contributed by atoms with E-state index in [9.17, 15) is 4.79 Å². The van der Waals surface area contributed by atoms with Crippen LogP contribution in [0.5, 0.6) is 0 Å². The van der Waals surface area contributed by atoms with Crippen LogP contribution < -0.4 is 5.32 Å². The molecule has 2 aromatic rings. The van der Waals surface area contributed by atoms with Gasteiger partial charge in [0.05, 0.1) is 10.6 Å². The standard InChI is InChI=1S/C18H14Cl2N2OS/c1-10-5-11(2)7-14(6-10)21-18-22-17(23)16(24-18)8-12-3-4-13(19)9-15(12)20/h3-9H,1-2H3,(H,21,22,23)/b16-8-. The Bertz CT molecular complexity index is 870. The molecule has 0 bridgehead atoms. The van der Waals surface area contributed by atoms with Crippen LogP contribution in [0.25, 0.3) is 6.08 Å². The topological polar surface area (TPSA) is 41.5 Å². The molecular formula is C18H14Cl2N2OS. The van der Waals surface area contributed by atoms with Gasteiger partial charge < -0.3 is 5.32 Å². The first-order valence-electron chi connectivity index (χ1n) is 7.23. The van der Waals surface area contributed by atoms with Crippen molar-refractivity contribution in [1.29, 1.82) is 0 Å². The summed E-state index contributed by atoms with van der Waals surface area (Å²) in [7, 11) is 0. The van der Waals surface area contributed by atoms with E-state index in [0.717, 1.165) is 22.4 Å². The number of rotatable bonds is 2. The van der Waals surface area contributed by atoms with Crippen molar-refractivity contribution >= 4 is 57.8 Å². The Kier molecular flexibility index (Phi) is 4.99. The van der Waals surface area contributed by atoms with Gasteiger partial charge in [-0.05, 0) is 72.6 Å². The summed E-state index contributed by atoms with van der Waals surface area (Å²) in [5, 5.41) is 4.40. The second-order valence-electron chi connectivity index (χ2n) is 5.49. The molecule has 0 spiro atoms. The van der Waals surface area contributed by atoms with Crippen molar-refractivity contribution < 1.29 is 4.79 Å². The van der Waals surface area contributed by atoms with E-state index in [0.29, 0.717) is 20.1 Å². The Balaban J connectivity index is 1.87. The summed E-state index contributed by atoms with van der Waals surface area (Å²) in [6.07, 6.45) is 1.74. The van der Waals surface area contributed by atoms with Crippen molar-refractivity contribution in [2.75, 3.05) is 0 Å². The Hall–Kier alpha value is -1.75. The molecule has 1 N–H and O–H groups in total. The first-order valence-corrected chi connectivity index (χ1v) is 8.81. The third-order valence-electron chi connectivity index (χ3n) is 3.34. The lowest BCUT2D eigenvalue weighted by Gasteiger charge is -2.01. The van der Waals surface area contributed by atoms with Gasteiger partial charge in [-0.3, -0.25) is 4.79 Å². The number of carbonyl (C=O) groups is 1. The van der Waals surface area contributed by atoms with Crippen molar-refractivity contribution in [2.45, 2.75) is 13.8 Å². The monoisotopic (exact) mass is 376 g/mol. The number of amides is 1. The van der Waals surface area contributed by atoms with Gasteiger partial charge in [-0.25, -0.2) is 4.99 Å². The van der Waals surface area contributed by atoms with E-state index in [4.69, 9.17) is 23.2 Å². The number of nitrogens with zero attached hydrogens (tertiary/aromatic N) is 1. The van der Waals surface area contributed by atoms with E-state index in [-0.39, 0.29) is 5.91 Å². The quantitative estimate of drug-likeness (QED) is 0.702. The van der Waals surface area contributed by atoms with E-state index < -0.39 is 0 Å². The molecule has 1 heterocycles. The summed E-state index contributed by atoms with van der Waals surface area (Å²) in [5.74, 6) is -0.186. The predicted molar refractivity (Wildman–Crippen MR) is 103 cm³/mol. The zero-order chi connectivity index (χ0) is 17.3. The van der Waals surface area contributed by atoms with Crippen molar-refractivity contribution in [3.63, 3.8) is 0 Å². The summed E-state index contributed by atoms with van der Waals surface area (Å²) >= 11 is 13.3. The minimum absolute atomic E-state index is 0.186. The molecule has 0 atom stereocenters. The lowest BCUT2D eigenvalue weighted by molar-refractivity contribution is -0.115. The highest BCUT2D eigenvalue weighted by molar-refractivity contribution is 8.18. The maximum atomic E-state index is 12.1. The Labute approximate surface area is 154 Å². The van der Waals surface area contributed by atoms with Crippen LogP contribution in [0.15, 0.2) is 46.3 Å². The van der Waals surface area contributed by atoms with E-state index >= 15 is 0 Å². The highest BCUT2D eigenvalue weighted by atomic mass is 35.5. The fourth-order valence-electron chi connectivity index (χ4n) is 2.37. The number of aryl methyl sites for hydroxylation is 2. The fraction of sp³-hybridized carbons (Fsp3) is 0.111. The van der Waals surface area contributed by atoms with Crippen LogP contribution in [0, 0.1) is 13.8 Å². The van der Waals surface area contributed by atoms with Gasteiger partial charge in [0, 0.05) is 10.0 Å². The zero-order valence-corrected chi connectivity index (χ0v) is 15.4. The zero-order valence-electron chi connectivity index (χ0n) is 13.1. The lowest BCUT2D eigenvalue weighted by atomic mass is 10.1. The van der Waals surface area contributed by atoms with Crippen molar-refractivity contribution in [1.82, 2.24) is 5.32 Å². The molecule has 2 aromatic carbocycles. The first-order chi connectivity index (χ1) is 11.4. The largest absolute Gasteiger partial charge is 0.300 e. The molecule has 0 unspecified atom stereocenters. The van der Waals surface area contributed by atoms with Crippen molar-refractivity contribution in [3.8, 4) is 0 Å². The number of halogens is 2. The number of aliphatic imine (C=N–C) groups is 1. The molecule has 0 saturated carbocycles. The van der Waals surface area contributed by atoms with Gasteiger partial charge in [-0.15, -0.1) is 0 Å². The second-order valence-corrected chi connectivity index (χ2v) is 7.37. The number of benzene rings is 2. The molecule has 0 aromatic heterocycles. The van der Waals surface area contributed by atoms with Crippen LogP contribution in [-0.4, -0.2) is 11.1 Å². The van der Waals surface area contributed by atoms with E-state index in [2.05, 4.69) is 16.4 Å². The number of hydrogen-bond donors (Lipinski definition) is 1. The molecule has 1 saturated heterocycles. The fourth-order valence-corrected chi connectivity index (χ4v) is 3.67. The normalized spacial score (nSPS) is 17.6. The van der Waals surface area contributed by atoms with E-state index in [1.165, 1.54) is 11.8 Å². The van der Waals surface area contributed by atoms with E-state index in [1.54, 1.807) is 24.3 Å². The van der Waals surface area contributed by atoms with Crippen LogP contribution in [0.4, 0.5) is 5.69 Å².